The van der Waals surface area contributed by atoms with E-state index in [9.17, 15) is 8.42 Å². The van der Waals surface area contributed by atoms with E-state index in [0.717, 1.165) is 6.42 Å². The molecule has 0 amide bonds. The van der Waals surface area contributed by atoms with Gasteiger partial charge in [0.2, 0.25) is 0 Å². The minimum absolute atomic E-state index is 0.224. The Bertz CT molecular complexity index is 446. The molecule has 1 aromatic rings. The van der Waals surface area contributed by atoms with Gasteiger partial charge >= 0.3 is 0 Å². The van der Waals surface area contributed by atoms with Crippen molar-refractivity contribution in [2.45, 2.75) is 25.2 Å². The van der Waals surface area contributed by atoms with E-state index in [-0.39, 0.29) is 5.41 Å². The van der Waals surface area contributed by atoms with Crippen molar-refractivity contribution in [1.82, 2.24) is 0 Å². The lowest BCUT2D eigenvalue weighted by molar-refractivity contribution is 0.561. The number of hydrogen-bond donors (Lipinski definition) is 0. The van der Waals surface area contributed by atoms with Gasteiger partial charge in [0.1, 0.15) is 0 Å². The molecule has 1 aliphatic carbocycles. The van der Waals surface area contributed by atoms with E-state index < -0.39 is 9.84 Å². The molecule has 1 saturated carbocycles. The van der Waals surface area contributed by atoms with Crippen molar-refractivity contribution in [2.75, 3.05) is 5.75 Å². The highest BCUT2D eigenvalue weighted by Crippen LogP contribution is 2.52. The third-order valence-corrected chi connectivity index (χ3v) is 5.07. The summed E-state index contributed by atoms with van der Waals surface area (Å²) >= 11 is 0. The molecule has 1 aliphatic rings. The topological polar surface area (TPSA) is 34.1 Å². The number of benzene rings is 1. The van der Waals surface area contributed by atoms with Crippen LogP contribution in [-0.4, -0.2) is 14.2 Å². The Morgan fingerprint density at radius 2 is 1.80 bits per heavy atom. The Kier molecular flexibility index (Phi) is 2.38. The Morgan fingerprint density at radius 1 is 1.27 bits per heavy atom. The Hall–Kier alpha value is -0.830. The zero-order valence-electron chi connectivity index (χ0n) is 9.10. The van der Waals surface area contributed by atoms with E-state index in [0.29, 0.717) is 16.6 Å². The normalized spacial score (nSPS) is 23.7. The van der Waals surface area contributed by atoms with Crippen LogP contribution in [-0.2, 0) is 9.84 Å². The Morgan fingerprint density at radius 3 is 2.27 bits per heavy atom. The molecular formula is C12H16O2S. The second kappa shape index (κ2) is 3.34. The molecule has 0 spiro atoms. The molecule has 82 valence electrons. The van der Waals surface area contributed by atoms with E-state index in [1.165, 1.54) is 0 Å². The van der Waals surface area contributed by atoms with Crippen LogP contribution in [0, 0.1) is 11.3 Å². The van der Waals surface area contributed by atoms with E-state index in [1.54, 1.807) is 24.3 Å². The molecule has 0 N–H and O–H groups in total. The highest BCUT2D eigenvalue weighted by atomic mass is 32.2. The van der Waals surface area contributed by atoms with Crippen LogP contribution < -0.4 is 0 Å². The summed E-state index contributed by atoms with van der Waals surface area (Å²) in [5.74, 6) is 0.631. The first kappa shape index (κ1) is 10.7. The first-order valence-electron chi connectivity index (χ1n) is 5.20. The van der Waals surface area contributed by atoms with Gasteiger partial charge in [-0.3, -0.25) is 0 Å². The van der Waals surface area contributed by atoms with Gasteiger partial charge in [0.15, 0.2) is 9.84 Å². The molecule has 15 heavy (non-hydrogen) atoms. The average Bonchev–Trinajstić information content (AvgIpc) is 2.74. The fraction of sp³-hybridized carbons (Fsp3) is 0.500. The van der Waals surface area contributed by atoms with E-state index in [4.69, 9.17) is 0 Å². The summed E-state index contributed by atoms with van der Waals surface area (Å²) in [4.78, 5) is 0.452. The van der Waals surface area contributed by atoms with Gasteiger partial charge in [-0.25, -0.2) is 8.42 Å². The van der Waals surface area contributed by atoms with Gasteiger partial charge in [-0.1, -0.05) is 32.0 Å². The predicted octanol–water partition coefficient (Wildman–Crippen LogP) is 2.51. The molecule has 0 bridgehead atoms. The van der Waals surface area contributed by atoms with E-state index in [2.05, 4.69) is 13.8 Å². The van der Waals surface area contributed by atoms with E-state index >= 15 is 0 Å². The van der Waals surface area contributed by atoms with Gasteiger partial charge < -0.3 is 0 Å². The second-order valence-corrected chi connectivity index (χ2v) is 7.02. The number of sulfone groups is 1. The summed E-state index contributed by atoms with van der Waals surface area (Å²) in [5.41, 5.74) is 0.224. The molecule has 0 saturated heterocycles. The smallest absolute Gasteiger partial charge is 0.178 e. The van der Waals surface area contributed by atoms with E-state index in [1.807, 2.05) is 6.07 Å². The Balaban J connectivity index is 2.16. The molecule has 1 fully saturated rings. The highest BCUT2D eigenvalue weighted by Gasteiger charge is 2.47. The molecule has 1 aromatic carbocycles. The molecule has 0 heterocycles. The zero-order chi connectivity index (χ0) is 11.1. The van der Waals surface area contributed by atoms with Crippen molar-refractivity contribution >= 4 is 9.84 Å². The molecule has 0 aromatic heterocycles. The maximum Gasteiger partial charge on any atom is 0.178 e. The van der Waals surface area contributed by atoms with Crippen LogP contribution in [0.25, 0.3) is 0 Å². The van der Waals surface area contributed by atoms with Gasteiger partial charge in [0.25, 0.3) is 0 Å². The van der Waals surface area contributed by atoms with Crippen LogP contribution in [0.15, 0.2) is 35.2 Å². The number of rotatable bonds is 3. The van der Waals surface area contributed by atoms with Crippen molar-refractivity contribution in [2.24, 2.45) is 11.3 Å². The molecule has 3 heteroatoms. The quantitative estimate of drug-likeness (QED) is 0.790. The van der Waals surface area contributed by atoms with Crippen molar-refractivity contribution in [3.63, 3.8) is 0 Å². The van der Waals surface area contributed by atoms with Crippen LogP contribution in [0.4, 0.5) is 0 Å². The molecule has 0 aliphatic heterocycles. The lowest BCUT2D eigenvalue weighted by Gasteiger charge is -2.05. The van der Waals surface area contributed by atoms with Crippen molar-refractivity contribution < 1.29 is 8.42 Å². The highest BCUT2D eigenvalue weighted by molar-refractivity contribution is 7.91. The predicted molar refractivity (Wildman–Crippen MR) is 60.4 cm³/mol. The fourth-order valence-electron chi connectivity index (χ4n) is 1.85. The molecule has 2 nitrogen and oxygen atoms in total. The molecule has 1 atom stereocenters. The largest absolute Gasteiger partial charge is 0.224 e. The molecule has 1 unspecified atom stereocenters. The van der Waals surface area contributed by atoms with Crippen molar-refractivity contribution in [3.8, 4) is 0 Å². The standard InChI is InChI=1S/C12H16O2S/c1-12(2)8-10(12)9-15(13,14)11-6-4-3-5-7-11/h3-7,10H,8-9H2,1-2H3. The van der Waals surface area contributed by atoms with Crippen LogP contribution in [0.2, 0.25) is 0 Å². The van der Waals surface area contributed by atoms with Crippen LogP contribution >= 0.6 is 0 Å². The van der Waals surface area contributed by atoms with Crippen molar-refractivity contribution in [1.29, 1.82) is 0 Å². The maximum absolute atomic E-state index is 12.0. The third kappa shape index (κ3) is 2.23. The number of hydrogen-bond acceptors (Lipinski definition) is 2. The molecular weight excluding hydrogens is 208 g/mol. The van der Waals surface area contributed by atoms with Gasteiger partial charge in [-0.05, 0) is 29.9 Å². The summed E-state index contributed by atoms with van der Waals surface area (Å²) in [6.07, 6.45) is 1.03. The lowest BCUT2D eigenvalue weighted by atomic mass is 10.1. The Labute approximate surface area is 91.2 Å². The molecule has 0 radical (unpaired) electrons. The van der Waals surface area contributed by atoms with Gasteiger partial charge in [-0.2, -0.15) is 0 Å². The van der Waals surface area contributed by atoms with Crippen LogP contribution in [0.3, 0.4) is 0 Å². The zero-order valence-corrected chi connectivity index (χ0v) is 9.92. The molecule has 2 rings (SSSR count). The van der Waals surface area contributed by atoms with Crippen LogP contribution in [0.1, 0.15) is 20.3 Å². The summed E-state index contributed by atoms with van der Waals surface area (Å²) in [6, 6.07) is 8.71. The van der Waals surface area contributed by atoms with Gasteiger partial charge in [-0.15, -0.1) is 0 Å². The summed E-state index contributed by atoms with van der Waals surface area (Å²) in [7, 11) is -3.07. The summed E-state index contributed by atoms with van der Waals surface area (Å²) in [6.45, 7) is 4.25. The second-order valence-electron chi connectivity index (χ2n) is 4.98. The fourth-order valence-corrected chi connectivity index (χ4v) is 3.71. The van der Waals surface area contributed by atoms with Crippen LogP contribution in [0.5, 0.6) is 0 Å². The summed E-state index contributed by atoms with van der Waals surface area (Å²) in [5, 5.41) is 0. The van der Waals surface area contributed by atoms with Gasteiger partial charge in [0, 0.05) is 0 Å². The third-order valence-electron chi connectivity index (χ3n) is 3.24. The SMILES string of the molecule is CC1(C)CC1CS(=O)(=O)c1ccccc1. The first-order valence-corrected chi connectivity index (χ1v) is 6.85. The minimum atomic E-state index is -3.07. The minimum Gasteiger partial charge on any atom is -0.224 e. The van der Waals surface area contributed by atoms with Crippen molar-refractivity contribution in [3.05, 3.63) is 30.3 Å². The maximum atomic E-state index is 12.0. The first-order chi connectivity index (χ1) is 6.92. The van der Waals surface area contributed by atoms with Gasteiger partial charge in [0.05, 0.1) is 10.6 Å². The lowest BCUT2D eigenvalue weighted by Crippen LogP contribution is -2.10. The average molecular weight is 224 g/mol. The monoisotopic (exact) mass is 224 g/mol. The summed E-state index contributed by atoms with van der Waals surface area (Å²) < 4.78 is 23.9.